The van der Waals surface area contributed by atoms with Crippen LogP contribution in [0.1, 0.15) is 36.0 Å². The van der Waals surface area contributed by atoms with Gasteiger partial charge in [0.1, 0.15) is 5.82 Å². The molecule has 5 rings (SSSR count). The maximum atomic E-state index is 13.1. The molecular weight excluding hydrogens is 418 g/mol. The molecule has 0 saturated carbocycles. The van der Waals surface area contributed by atoms with Crippen LogP contribution in [-0.2, 0) is 0 Å². The molecule has 33 heavy (non-hydrogen) atoms. The number of hydrogen-bond acceptors (Lipinski definition) is 6. The van der Waals surface area contributed by atoms with Crippen LogP contribution in [0.2, 0.25) is 0 Å². The molecule has 1 aromatic carbocycles. The van der Waals surface area contributed by atoms with Gasteiger partial charge in [0.2, 0.25) is 0 Å². The first kappa shape index (κ1) is 20.9. The van der Waals surface area contributed by atoms with Gasteiger partial charge in [0.25, 0.3) is 11.5 Å². The minimum atomic E-state index is -0.381. The van der Waals surface area contributed by atoms with Crippen molar-refractivity contribution in [2.45, 2.75) is 31.7 Å². The quantitative estimate of drug-likeness (QED) is 0.502. The van der Waals surface area contributed by atoms with Crippen molar-refractivity contribution < 1.29 is 4.79 Å². The molecule has 1 fully saturated rings. The molecule has 4 heterocycles. The minimum absolute atomic E-state index is 0.0302. The highest BCUT2D eigenvalue weighted by Crippen LogP contribution is 2.24. The van der Waals surface area contributed by atoms with E-state index < -0.39 is 0 Å². The third-order valence-corrected chi connectivity index (χ3v) is 5.90. The second-order valence-corrected chi connectivity index (χ2v) is 8.27. The predicted molar refractivity (Wildman–Crippen MR) is 125 cm³/mol. The fourth-order valence-corrected chi connectivity index (χ4v) is 4.28. The van der Waals surface area contributed by atoms with Crippen LogP contribution in [0.3, 0.4) is 0 Å². The van der Waals surface area contributed by atoms with E-state index in [1.807, 2.05) is 47.4 Å². The van der Waals surface area contributed by atoms with Gasteiger partial charge in [-0.05, 0) is 12.8 Å². The van der Waals surface area contributed by atoms with Crippen molar-refractivity contribution in [3.8, 4) is 11.3 Å². The van der Waals surface area contributed by atoms with E-state index in [0.29, 0.717) is 18.7 Å². The minimum Gasteiger partial charge on any atom is -0.365 e. The Balaban J connectivity index is 1.43. The highest BCUT2D eigenvalue weighted by atomic mass is 16.2. The third kappa shape index (κ3) is 4.62. The van der Waals surface area contributed by atoms with Crippen LogP contribution in [0.25, 0.3) is 16.9 Å². The zero-order valence-corrected chi connectivity index (χ0v) is 18.1. The largest absolute Gasteiger partial charge is 0.365 e. The Bertz CT molecular complexity index is 1320. The summed E-state index contributed by atoms with van der Waals surface area (Å²) in [4.78, 5) is 31.3. The lowest BCUT2D eigenvalue weighted by molar-refractivity contribution is 0.0735. The van der Waals surface area contributed by atoms with Crippen LogP contribution in [0.15, 0.2) is 65.7 Å². The number of amides is 1. The molecule has 1 aliphatic rings. The van der Waals surface area contributed by atoms with Gasteiger partial charge in [0.05, 0.1) is 23.7 Å². The Hall–Kier alpha value is -4.01. The Morgan fingerprint density at radius 3 is 2.82 bits per heavy atom. The molecule has 168 valence electrons. The Labute approximate surface area is 190 Å². The van der Waals surface area contributed by atoms with Crippen LogP contribution in [-0.4, -0.2) is 54.7 Å². The Morgan fingerprint density at radius 1 is 1.09 bits per heavy atom. The third-order valence-electron chi connectivity index (χ3n) is 5.90. The SMILES string of the molecule is O=C(c1cn[nH]c(=O)c1)N1CCCCCC(Nc2cc(-c3ccccc3)nc3ccnn23)C1. The molecule has 3 aromatic heterocycles. The van der Waals surface area contributed by atoms with E-state index in [9.17, 15) is 9.59 Å². The molecule has 1 atom stereocenters. The molecular formula is C24H25N7O2. The molecule has 2 N–H and O–H groups in total. The normalized spacial score (nSPS) is 16.8. The number of hydrogen-bond donors (Lipinski definition) is 2. The predicted octanol–water partition coefficient (Wildman–Crippen LogP) is 2.98. The summed E-state index contributed by atoms with van der Waals surface area (Å²) in [5, 5.41) is 14.2. The molecule has 1 saturated heterocycles. The van der Waals surface area contributed by atoms with Crippen molar-refractivity contribution in [2.75, 3.05) is 18.4 Å². The molecule has 1 unspecified atom stereocenters. The van der Waals surface area contributed by atoms with Gasteiger partial charge < -0.3 is 10.2 Å². The van der Waals surface area contributed by atoms with E-state index in [4.69, 9.17) is 4.98 Å². The van der Waals surface area contributed by atoms with Crippen LogP contribution < -0.4 is 10.9 Å². The number of rotatable bonds is 4. The highest BCUT2D eigenvalue weighted by Gasteiger charge is 2.23. The van der Waals surface area contributed by atoms with Crippen molar-refractivity contribution in [3.05, 3.63) is 76.8 Å². The summed E-state index contributed by atoms with van der Waals surface area (Å²) < 4.78 is 1.79. The molecule has 0 spiro atoms. The van der Waals surface area contributed by atoms with E-state index in [2.05, 4.69) is 20.6 Å². The number of carbonyl (C=O) groups is 1. The number of likely N-dealkylation sites (tertiary alicyclic amines) is 1. The van der Waals surface area contributed by atoms with Gasteiger partial charge in [0.15, 0.2) is 5.65 Å². The fourth-order valence-electron chi connectivity index (χ4n) is 4.28. The lowest BCUT2D eigenvalue weighted by atomic mass is 10.0. The molecule has 1 aliphatic heterocycles. The molecule has 4 aromatic rings. The number of anilines is 1. The van der Waals surface area contributed by atoms with Crippen molar-refractivity contribution >= 4 is 17.4 Å². The van der Waals surface area contributed by atoms with E-state index in [0.717, 1.165) is 48.4 Å². The summed E-state index contributed by atoms with van der Waals surface area (Å²) in [7, 11) is 0. The number of aromatic nitrogens is 5. The van der Waals surface area contributed by atoms with Gasteiger partial charge in [0, 0.05) is 42.9 Å². The average Bonchev–Trinajstić information content (AvgIpc) is 3.30. The number of nitrogens with one attached hydrogen (secondary N) is 2. The first-order valence-electron chi connectivity index (χ1n) is 11.2. The van der Waals surface area contributed by atoms with Gasteiger partial charge in [-0.1, -0.05) is 43.2 Å². The first-order valence-corrected chi connectivity index (χ1v) is 11.2. The summed E-state index contributed by atoms with van der Waals surface area (Å²) in [6.07, 6.45) is 7.11. The molecule has 9 heteroatoms. The van der Waals surface area contributed by atoms with Gasteiger partial charge in [-0.15, -0.1) is 0 Å². The summed E-state index contributed by atoms with van der Waals surface area (Å²) in [5.41, 5.74) is 2.57. The molecule has 9 nitrogen and oxygen atoms in total. The lowest BCUT2D eigenvalue weighted by Gasteiger charge is -2.31. The number of fused-ring (bicyclic) bond motifs is 1. The topological polar surface area (TPSA) is 108 Å². The zero-order chi connectivity index (χ0) is 22.6. The van der Waals surface area contributed by atoms with Crippen molar-refractivity contribution in [1.29, 1.82) is 0 Å². The van der Waals surface area contributed by atoms with E-state index in [1.54, 1.807) is 10.7 Å². The van der Waals surface area contributed by atoms with Crippen LogP contribution >= 0.6 is 0 Å². The van der Waals surface area contributed by atoms with E-state index >= 15 is 0 Å². The second kappa shape index (κ2) is 9.23. The first-order chi connectivity index (χ1) is 16.2. The number of aromatic amines is 1. The lowest BCUT2D eigenvalue weighted by Crippen LogP contribution is -2.42. The van der Waals surface area contributed by atoms with Crippen LogP contribution in [0.4, 0.5) is 5.82 Å². The zero-order valence-electron chi connectivity index (χ0n) is 18.1. The summed E-state index contributed by atoms with van der Waals surface area (Å²) in [5.74, 6) is 0.658. The van der Waals surface area contributed by atoms with Crippen LogP contribution in [0.5, 0.6) is 0 Å². The smallest absolute Gasteiger partial charge is 0.264 e. The maximum Gasteiger partial charge on any atom is 0.264 e. The fraction of sp³-hybridized carbons (Fsp3) is 0.292. The monoisotopic (exact) mass is 443 g/mol. The summed E-state index contributed by atoms with van der Waals surface area (Å²) in [6, 6.07) is 15.2. The molecule has 0 radical (unpaired) electrons. The number of H-pyrrole nitrogens is 1. The van der Waals surface area contributed by atoms with Crippen molar-refractivity contribution in [2.24, 2.45) is 0 Å². The number of nitrogens with zero attached hydrogens (tertiary/aromatic N) is 5. The van der Waals surface area contributed by atoms with Crippen molar-refractivity contribution in [1.82, 2.24) is 29.7 Å². The van der Waals surface area contributed by atoms with Gasteiger partial charge in [-0.3, -0.25) is 9.59 Å². The standard InChI is InChI=1S/C24H25N7O2/c32-23-13-18(15-25-29-23)24(33)30-12-6-2-5-9-19(16-30)27-22-14-20(17-7-3-1-4-8-17)28-21-10-11-26-31(21)22/h1,3-4,7-8,10-11,13-15,19,27H,2,5-6,9,12,16H2,(H,29,32). The summed E-state index contributed by atoms with van der Waals surface area (Å²) in [6.45, 7) is 1.17. The molecule has 0 aliphatic carbocycles. The average molecular weight is 444 g/mol. The van der Waals surface area contributed by atoms with Crippen molar-refractivity contribution in [3.63, 3.8) is 0 Å². The van der Waals surface area contributed by atoms with Gasteiger partial charge >= 0.3 is 0 Å². The molecule has 0 bridgehead atoms. The van der Waals surface area contributed by atoms with E-state index in [-0.39, 0.29) is 17.5 Å². The highest BCUT2D eigenvalue weighted by molar-refractivity contribution is 5.93. The second-order valence-electron chi connectivity index (χ2n) is 8.27. The summed E-state index contributed by atoms with van der Waals surface area (Å²) >= 11 is 0. The van der Waals surface area contributed by atoms with Crippen LogP contribution in [0, 0.1) is 0 Å². The maximum absolute atomic E-state index is 13.1. The Kier molecular flexibility index (Phi) is 5.84. The van der Waals surface area contributed by atoms with Gasteiger partial charge in [-0.25, -0.2) is 10.1 Å². The van der Waals surface area contributed by atoms with Gasteiger partial charge in [-0.2, -0.15) is 14.7 Å². The number of carbonyl (C=O) groups excluding carboxylic acids is 1. The van der Waals surface area contributed by atoms with E-state index in [1.165, 1.54) is 12.3 Å². The molecule has 1 amide bonds. The number of benzene rings is 1. The Morgan fingerprint density at radius 2 is 1.97 bits per heavy atom.